The number of carbonyl (C=O) groups is 5. The predicted molar refractivity (Wildman–Crippen MR) is 304 cm³/mol. The van der Waals surface area contributed by atoms with Crippen molar-refractivity contribution in [2.45, 2.75) is 130 Å². The molecule has 3 aliphatic rings. The minimum absolute atomic E-state index is 0. The maximum Gasteiger partial charge on any atom is 0.0794 e. The number of nitrogens with zero attached hydrogens (tertiary/aromatic N) is 4. The second-order valence-electron chi connectivity index (χ2n) is 10.6. The smallest absolute Gasteiger partial charge is 0.0794 e. The maximum absolute atomic E-state index is 10.1. The van der Waals surface area contributed by atoms with E-state index in [1.54, 1.807) is 14.1 Å². The topological polar surface area (TPSA) is 205 Å². The Labute approximate surface area is 574 Å². The van der Waals surface area contributed by atoms with Crippen LogP contribution in [-0.2, 0) is 194 Å². The van der Waals surface area contributed by atoms with Crippen LogP contribution < -0.4 is 16.0 Å². The van der Waals surface area contributed by atoms with Crippen molar-refractivity contribution in [1.82, 2.24) is 20.9 Å². The Kier molecular flexibility index (Phi) is 170. The summed E-state index contributed by atoms with van der Waals surface area (Å²) in [4.78, 5) is 76.5. The fourth-order valence-electron chi connectivity index (χ4n) is 2.61. The van der Waals surface area contributed by atoms with Crippen molar-refractivity contribution in [3.8, 4) is 0 Å². The van der Waals surface area contributed by atoms with E-state index in [-0.39, 0.29) is 128 Å². The van der Waals surface area contributed by atoms with Gasteiger partial charge in [-0.2, -0.15) is 9.59 Å². The van der Waals surface area contributed by atoms with Crippen molar-refractivity contribution < 1.29 is 194 Å². The van der Waals surface area contributed by atoms with Crippen molar-refractivity contribution >= 4 is 68.1 Å². The van der Waals surface area contributed by atoms with E-state index in [1.807, 2.05) is 101 Å². The number of rotatable bonds is 7. The number of hydrogen-bond donors (Lipinski definition) is 3. The Balaban J connectivity index is -0.0000000374. The minimum atomic E-state index is -0.245. The Morgan fingerprint density at radius 3 is 0.763 bits per heavy atom. The molecular formula is C55H96N7O8W3Y3-9. The van der Waals surface area contributed by atoms with Gasteiger partial charge in [-0.1, -0.05) is 103 Å². The van der Waals surface area contributed by atoms with Crippen molar-refractivity contribution in [3.63, 3.8) is 0 Å². The summed E-state index contributed by atoms with van der Waals surface area (Å²) < 4.78 is 7.19. The average molecular weight is 1800 g/mol. The molecule has 0 fully saturated rings. The summed E-state index contributed by atoms with van der Waals surface area (Å²) in [5.74, 6) is -0.644. The molecule has 3 aliphatic carbocycles. The summed E-state index contributed by atoms with van der Waals surface area (Å²) in [6.07, 6.45) is 16.3. The van der Waals surface area contributed by atoms with Gasteiger partial charge in [0.25, 0.3) is 6.47 Å². The molecule has 0 bridgehead atoms. The normalized spacial score (nSPS) is 9.37. The van der Waals surface area contributed by atoms with Gasteiger partial charge in [0, 0.05) is 140 Å². The monoisotopic (exact) mass is 1800 g/mol. The SMILES string of the molecule is CC.CC.CC.CC.CC.CC.CC(=O)N(C)C.CCC.COC=O.O=C=O.[CH-]=NC1=C([C]([CH2-])=[W])C=CC1.[CH-]=NC1=C([C]([CH2-])=[W])C=CC1.[CH-]=NC1=C([C]([CH2-])=[W])C=CC1.[CH2-]C(=O)NC.[CH2-]C(=O)NC.[CH2-]C(=O)NC.[Y].[Y].[Y]. The number of carbonyl (C=O) groups excluding carboxylic acids is 7. The predicted octanol–water partition coefficient (Wildman–Crippen LogP) is 9.56. The molecule has 0 spiro atoms. The third-order valence-electron chi connectivity index (χ3n) is 5.65. The Morgan fingerprint density at radius 1 is 0.579 bits per heavy atom. The first-order valence-electron chi connectivity index (χ1n) is 23.2. The van der Waals surface area contributed by atoms with Crippen LogP contribution in [0.25, 0.3) is 0 Å². The Bertz CT molecular complexity index is 1500. The van der Waals surface area contributed by atoms with Crippen LogP contribution in [0.3, 0.4) is 0 Å². The van der Waals surface area contributed by atoms with Gasteiger partial charge in [-0.05, 0) is 0 Å². The quantitative estimate of drug-likeness (QED) is 0.127. The fourth-order valence-corrected chi connectivity index (χ4v) is 4.62. The zero-order valence-electron chi connectivity index (χ0n) is 50.4. The summed E-state index contributed by atoms with van der Waals surface area (Å²) in [5.41, 5.74) is 6.24. The standard InChI is InChI=1S/3C8H7N.C4H9NO.3C3H6NO.C3H8.C2H4O2.6C2H6.CO2.3W.3Y/c3*1-3-7-5-4-6-8(7)9-2;1-4(6)5(2)3;3*1-3(5)4-2;1-3-2;1-4-2-3;6*1-2;2-1-3;;;;;;/h3*2,4-5H,1,6H2;1-3H3;3*1H2,2H3,(H,4,5);3H2,1-2H3;2H,1H3;6*1-2H3;;;;;;;/q3*-2;;3*-1;;;;;;;;;;;;;;;. The number of amides is 4. The van der Waals surface area contributed by atoms with Crippen LogP contribution in [0.2, 0.25) is 0 Å². The molecule has 3 N–H and O–H groups in total. The van der Waals surface area contributed by atoms with Crippen LogP contribution in [0.4, 0.5) is 0 Å². The van der Waals surface area contributed by atoms with E-state index in [9.17, 15) is 19.2 Å². The van der Waals surface area contributed by atoms with Gasteiger partial charge in [-0.3, -0.25) is 9.59 Å². The van der Waals surface area contributed by atoms with Crippen LogP contribution in [-0.4, -0.2) is 115 Å². The van der Waals surface area contributed by atoms with Gasteiger partial charge in [0.2, 0.25) is 5.91 Å². The number of methoxy groups -OCH3 is 1. The van der Waals surface area contributed by atoms with E-state index in [0.717, 1.165) is 64.8 Å². The first-order valence-corrected chi connectivity index (χ1v) is 27.6. The number of hydrogen-bond acceptors (Lipinski definition) is 11. The van der Waals surface area contributed by atoms with Gasteiger partial charge in [0.05, 0.1) is 24.8 Å². The fraction of sp³-hybridized carbons (Fsp3) is 0.455. The molecule has 0 unspecified atom stereocenters. The van der Waals surface area contributed by atoms with Crippen molar-refractivity contribution in [2.24, 2.45) is 15.0 Å². The zero-order chi connectivity index (χ0) is 61.5. The molecule has 3 rings (SSSR count). The van der Waals surface area contributed by atoms with Crippen LogP contribution in [0.15, 0.2) is 85.2 Å². The van der Waals surface area contributed by atoms with Gasteiger partial charge in [0.1, 0.15) is 0 Å². The molecule has 4 amide bonds. The average Bonchev–Trinajstić information content (AvgIpc) is 4.22. The molecule has 0 saturated carbocycles. The second kappa shape index (κ2) is 109. The Morgan fingerprint density at radius 2 is 0.711 bits per heavy atom. The van der Waals surface area contributed by atoms with Gasteiger partial charge in [-0.25, -0.2) is 0 Å². The van der Waals surface area contributed by atoms with Crippen LogP contribution in [0.1, 0.15) is 130 Å². The molecule has 0 aromatic carbocycles. The van der Waals surface area contributed by atoms with Crippen molar-refractivity contribution in [3.05, 3.63) is 112 Å². The third-order valence-corrected chi connectivity index (χ3v) is 8.02. The van der Waals surface area contributed by atoms with E-state index < -0.39 is 0 Å². The molecule has 435 valence electrons. The molecule has 76 heavy (non-hydrogen) atoms. The van der Waals surface area contributed by atoms with E-state index in [2.05, 4.69) is 109 Å². The second-order valence-corrected chi connectivity index (χ2v) is 15.9. The van der Waals surface area contributed by atoms with Gasteiger partial charge in [0.15, 0.2) is 0 Å². The molecular weight excluding hydrogens is 1700 g/mol. The molecule has 0 atom stereocenters. The van der Waals surface area contributed by atoms with Crippen molar-refractivity contribution in [2.75, 3.05) is 42.3 Å². The molecule has 15 nitrogen and oxygen atoms in total. The first kappa shape index (κ1) is 118. The van der Waals surface area contributed by atoms with Crippen LogP contribution in [0.5, 0.6) is 0 Å². The van der Waals surface area contributed by atoms with E-state index in [0.29, 0.717) is 6.47 Å². The van der Waals surface area contributed by atoms with Crippen LogP contribution >= 0.6 is 0 Å². The van der Waals surface area contributed by atoms with E-state index >= 15 is 0 Å². The molecule has 0 aliphatic heterocycles. The number of allylic oxidation sites excluding steroid dienone is 9. The largest absolute Gasteiger partial charge is 0.384 e. The molecule has 0 aromatic heterocycles. The molecule has 0 aromatic rings. The minimum Gasteiger partial charge on any atom is -0.384 e. The molecule has 0 heterocycles. The summed E-state index contributed by atoms with van der Waals surface area (Å²) >= 11 is 4.12. The summed E-state index contributed by atoms with van der Waals surface area (Å²) in [6, 6.07) is 0. The zero-order valence-corrected chi connectivity index (χ0v) is 67.7. The maximum atomic E-state index is 10.1. The summed E-state index contributed by atoms with van der Waals surface area (Å²) in [5, 5.41) is 6.83. The van der Waals surface area contributed by atoms with Crippen molar-refractivity contribution in [1.29, 1.82) is 0 Å². The number of nitrogens with one attached hydrogen (secondary N) is 3. The Hall–Kier alpha value is -1.22. The van der Waals surface area contributed by atoms with Gasteiger partial charge in [-0.15, -0.1) is 0 Å². The molecule has 3 radical (unpaired) electrons. The van der Waals surface area contributed by atoms with E-state index in [4.69, 9.17) is 34.5 Å². The van der Waals surface area contributed by atoms with Gasteiger partial charge < -0.3 is 60.7 Å². The molecule has 21 heteroatoms. The van der Waals surface area contributed by atoms with E-state index in [1.165, 1.54) is 105 Å². The third kappa shape index (κ3) is 112. The van der Waals surface area contributed by atoms with Crippen LogP contribution in [0, 0.1) is 41.5 Å². The summed E-state index contributed by atoms with van der Waals surface area (Å²) in [6.45, 7) is 66.2. The number of ether oxygens (including phenoxy) is 1. The first-order chi connectivity index (χ1) is 34.5. The molecule has 0 saturated heterocycles. The number of aliphatic imine (C=N–C) groups is 3. The van der Waals surface area contributed by atoms with Gasteiger partial charge >= 0.3 is 221 Å². The summed E-state index contributed by atoms with van der Waals surface area (Å²) in [7, 11) is 9.37.